The second-order valence-electron chi connectivity index (χ2n) is 6.07. The minimum absolute atomic E-state index is 0.0902. The Balaban J connectivity index is 1.68. The van der Waals surface area contributed by atoms with Gasteiger partial charge in [0.1, 0.15) is 17.4 Å². The maximum atomic E-state index is 13.8. The zero-order valence-electron chi connectivity index (χ0n) is 13.4. The van der Waals surface area contributed by atoms with E-state index in [1.54, 1.807) is 17.0 Å². The molecule has 6 heteroatoms. The van der Waals surface area contributed by atoms with E-state index < -0.39 is 23.3 Å². The number of phenols is 1. The van der Waals surface area contributed by atoms with Crippen LogP contribution < -0.4 is 0 Å². The summed E-state index contributed by atoms with van der Waals surface area (Å²) in [4.78, 5) is 26.4. The van der Waals surface area contributed by atoms with Crippen LogP contribution in [-0.4, -0.2) is 34.8 Å². The molecule has 4 nitrogen and oxygen atoms in total. The molecule has 0 aliphatic carbocycles. The highest BCUT2D eigenvalue weighted by atomic mass is 19.1. The van der Waals surface area contributed by atoms with E-state index in [1.807, 2.05) is 0 Å². The SMILES string of the molecule is O=C(c1cc(F)ccc1F)C1CCN(C(=O)c2ccccc2O)CC1. The maximum Gasteiger partial charge on any atom is 0.257 e. The van der Waals surface area contributed by atoms with Crippen molar-refractivity contribution in [3.63, 3.8) is 0 Å². The van der Waals surface area contributed by atoms with Crippen molar-refractivity contribution in [2.24, 2.45) is 5.92 Å². The molecule has 130 valence electrons. The number of amides is 1. The Hall–Kier alpha value is -2.76. The molecular weight excluding hydrogens is 328 g/mol. The molecule has 1 aliphatic heterocycles. The monoisotopic (exact) mass is 345 g/mol. The number of aromatic hydroxyl groups is 1. The highest BCUT2D eigenvalue weighted by Gasteiger charge is 2.30. The van der Waals surface area contributed by atoms with Gasteiger partial charge in [-0.05, 0) is 43.2 Å². The molecule has 1 fully saturated rings. The highest BCUT2D eigenvalue weighted by Crippen LogP contribution is 2.26. The summed E-state index contributed by atoms with van der Waals surface area (Å²) in [7, 11) is 0. The van der Waals surface area contributed by atoms with Crippen LogP contribution in [0.15, 0.2) is 42.5 Å². The fourth-order valence-electron chi connectivity index (χ4n) is 3.08. The molecule has 0 radical (unpaired) electrons. The zero-order chi connectivity index (χ0) is 18.0. The lowest BCUT2D eigenvalue weighted by atomic mass is 9.88. The Morgan fingerprint density at radius 3 is 2.36 bits per heavy atom. The number of piperidine rings is 1. The summed E-state index contributed by atoms with van der Waals surface area (Å²) in [6.07, 6.45) is 0.738. The summed E-state index contributed by atoms with van der Waals surface area (Å²) < 4.78 is 27.0. The Morgan fingerprint density at radius 1 is 1.00 bits per heavy atom. The quantitative estimate of drug-likeness (QED) is 0.868. The lowest BCUT2D eigenvalue weighted by Crippen LogP contribution is -2.40. The summed E-state index contributed by atoms with van der Waals surface area (Å²) in [5.41, 5.74) is -0.0334. The van der Waals surface area contributed by atoms with E-state index >= 15 is 0 Å². The standard InChI is InChI=1S/C19H17F2NO3/c20-13-5-6-16(21)15(11-13)18(24)12-7-9-22(10-8-12)19(25)14-3-1-2-4-17(14)23/h1-6,11-12,23H,7-10H2. The van der Waals surface area contributed by atoms with E-state index in [-0.39, 0.29) is 22.8 Å². The van der Waals surface area contributed by atoms with E-state index in [0.717, 1.165) is 18.2 Å². The van der Waals surface area contributed by atoms with Gasteiger partial charge in [-0.25, -0.2) is 8.78 Å². The maximum absolute atomic E-state index is 13.8. The van der Waals surface area contributed by atoms with Gasteiger partial charge in [0.2, 0.25) is 0 Å². The fourth-order valence-corrected chi connectivity index (χ4v) is 3.08. The predicted octanol–water partition coefficient (Wildman–Crippen LogP) is 3.41. The molecule has 0 unspecified atom stereocenters. The van der Waals surface area contributed by atoms with Crippen LogP contribution in [0.3, 0.4) is 0 Å². The second-order valence-corrected chi connectivity index (χ2v) is 6.07. The van der Waals surface area contributed by atoms with Crippen molar-refractivity contribution < 1.29 is 23.5 Å². The molecule has 1 N–H and O–H groups in total. The molecule has 1 amide bonds. The van der Waals surface area contributed by atoms with Crippen LogP contribution in [0.2, 0.25) is 0 Å². The second kappa shape index (κ2) is 7.01. The highest BCUT2D eigenvalue weighted by molar-refractivity contribution is 5.99. The molecule has 0 spiro atoms. The average Bonchev–Trinajstić information content (AvgIpc) is 2.63. The first-order chi connectivity index (χ1) is 12.0. The molecule has 25 heavy (non-hydrogen) atoms. The molecule has 2 aromatic carbocycles. The van der Waals surface area contributed by atoms with Gasteiger partial charge in [-0.2, -0.15) is 0 Å². The van der Waals surface area contributed by atoms with Crippen molar-refractivity contribution in [3.8, 4) is 5.75 Å². The Bertz CT molecular complexity index is 814. The molecule has 0 bridgehead atoms. The predicted molar refractivity (Wildman–Crippen MR) is 87.4 cm³/mol. The Kier molecular flexibility index (Phi) is 4.79. The van der Waals surface area contributed by atoms with Crippen molar-refractivity contribution in [1.29, 1.82) is 0 Å². The number of carbonyl (C=O) groups is 2. The number of hydrogen-bond acceptors (Lipinski definition) is 3. The molecule has 0 atom stereocenters. The van der Waals surface area contributed by atoms with Crippen LogP contribution in [0.1, 0.15) is 33.6 Å². The smallest absolute Gasteiger partial charge is 0.257 e. The molecule has 0 aromatic heterocycles. The van der Waals surface area contributed by atoms with E-state index in [9.17, 15) is 23.5 Å². The van der Waals surface area contributed by atoms with E-state index in [1.165, 1.54) is 12.1 Å². The van der Waals surface area contributed by atoms with Crippen molar-refractivity contribution in [2.75, 3.05) is 13.1 Å². The largest absolute Gasteiger partial charge is 0.507 e. The van der Waals surface area contributed by atoms with E-state index in [4.69, 9.17) is 0 Å². The molecule has 1 heterocycles. The third kappa shape index (κ3) is 3.52. The van der Waals surface area contributed by atoms with Gasteiger partial charge in [-0.1, -0.05) is 12.1 Å². The minimum Gasteiger partial charge on any atom is -0.507 e. The number of hydrogen-bond donors (Lipinski definition) is 1. The summed E-state index contributed by atoms with van der Waals surface area (Å²) in [6.45, 7) is 0.640. The number of para-hydroxylation sites is 1. The van der Waals surface area contributed by atoms with Gasteiger partial charge >= 0.3 is 0 Å². The third-order valence-electron chi connectivity index (χ3n) is 4.48. The summed E-state index contributed by atoms with van der Waals surface area (Å²) in [5.74, 6) is -2.68. The van der Waals surface area contributed by atoms with Crippen LogP contribution in [0.25, 0.3) is 0 Å². The third-order valence-corrected chi connectivity index (χ3v) is 4.48. The number of halogens is 2. The average molecular weight is 345 g/mol. The number of phenolic OH excluding ortho intramolecular Hbond substituents is 1. The van der Waals surface area contributed by atoms with Gasteiger partial charge in [-0.15, -0.1) is 0 Å². The van der Waals surface area contributed by atoms with Crippen molar-refractivity contribution in [3.05, 3.63) is 65.2 Å². The lowest BCUT2D eigenvalue weighted by molar-refractivity contribution is 0.0646. The molecule has 3 rings (SSSR count). The Morgan fingerprint density at radius 2 is 1.68 bits per heavy atom. The number of nitrogens with zero attached hydrogens (tertiary/aromatic N) is 1. The van der Waals surface area contributed by atoms with Crippen LogP contribution in [0, 0.1) is 17.6 Å². The molecular formula is C19H17F2NO3. The van der Waals surface area contributed by atoms with Crippen LogP contribution in [-0.2, 0) is 0 Å². The number of likely N-dealkylation sites (tertiary alicyclic amines) is 1. The van der Waals surface area contributed by atoms with Gasteiger partial charge in [0.25, 0.3) is 5.91 Å². The molecule has 1 saturated heterocycles. The Labute approximate surface area is 143 Å². The topological polar surface area (TPSA) is 57.6 Å². The first kappa shape index (κ1) is 17.1. The number of ketones is 1. The van der Waals surface area contributed by atoms with Gasteiger partial charge in [0, 0.05) is 19.0 Å². The molecule has 1 aliphatic rings. The lowest BCUT2D eigenvalue weighted by Gasteiger charge is -2.31. The molecule has 2 aromatic rings. The van der Waals surface area contributed by atoms with Crippen molar-refractivity contribution in [2.45, 2.75) is 12.8 Å². The number of Topliss-reactive ketones (excluding diaryl/α,β-unsaturated/α-hetero) is 1. The van der Waals surface area contributed by atoms with E-state index in [0.29, 0.717) is 25.9 Å². The number of rotatable bonds is 3. The fraction of sp³-hybridized carbons (Fsp3) is 0.263. The zero-order valence-corrected chi connectivity index (χ0v) is 13.4. The van der Waals surface area contributed by atoms with Crippen LogP contribution >= 0.6 is 0 Å². The molecule has 0 saturated carbocycles. The normalized spacial score (nSPS) is 15.2. The summed E-state index contributed by atoms with van der Waals surface area (Å²) >= 11 is 0. The van der Waals surface area contributed by atoms with Gasteiger partial charge < -0.3 is 10.0 Å². The number of benzene rings is 2. The van der Waals surface area contributed by atoms with Gasteiger partial charge in [0.15, 0.2) is 5.78 Å². The minimum atomic E-state index is -0.737. The first-order valence-corrected chi connectivity index (χ1v) is 8.04. The van der Waals surface area contributed by atoms with Crippen molar-refractivity contribution in [1.82, 2.24) is 4.90 Å². The van der Waals surface area contributed by atoms with Crippen LogP contribution in [0.4, 0.5) is 8.78 Å². The summed E-state index contributed by atoms with van der Waals surface area (Å²) in [5, 5.41) is 9.78. The van der Waals surface area contributed by atoms with Crippen LogP contribution in [0.5, 0.6) is 5.75 Å². The van der Waals surface area contributed by atoms with Gasteiger partial charge in [-0.3, -0.25) is 9.59 Å². The van der Waals surface area contributed by atoms with Gasteiger partial charge in [0.05, 0.1) is 11.1 Å². The first-order valence-electron chi connectivity index (χ1n) is 8.04. The van der Waals surface area contributed by atoms with E-state index in [2.05, 4.69) is 0 Å². The summed E-state index contributed by atoms with van der Waals surface area (Å²) in [6, 6.07) is 9.10. The van der Waals surface area contributed by atoms with Crippen molar-refractivity contribution >= 4 is 11.7 Å². The number of carbonyl (C=O) groups excluding carboxylic acids is 2.